The maximum absolute atomic E-state index is 3.42. The molecular weight excluding hydrogens is 196 g/mol. The van der Waals surface area contributed by atoms with Crippen molar-refractivity contribution in [1.82, 2.24) is 4.90 Å². The first kappa shape index (κ1) is 10.2. The third kappa shape index (κ3) is 1.82. The molecule has 1 aromatic rings. The van der Waals surface area contributed by atoms with E-state index in [4.69, 9.17) is 0 Å². The Morgan fingerprint density at radius 2 is 2.38 bits per heavy atom. The van der Waals surface area contributed by atoms with Crippen LogP contribution in [0.15, 0.2) is 18.2 Å². The molecule has 0 saturated carbocycles. The molecule has 3 rings (SSSR count). The van der Waals surface area contributed by atoms with Crippen molar-refractivity contribution in [3.8, 4) is 0 Å². The molecule has 0 spiro atoms. The molecule has 1 aromatic carbocycles. The molecule has 0 aromatic heterocycles. The second-order valence-electron chi connectivity index (χ2n) is 5.13. The third-order valence-corrected chi connectivity index (χ3v) is 3.96. The topological polar surface area (TPSA) is 15.3 Å². The summed E-state index contributed by atoms with van der Waals surface area (Å²) in [6.07, 6.45) is 3.93. The van der Waals surface area contributed by atoms with Crippen LogP contribution >= 0.6 is 0 Å². The van der Waals surface area contributed by atoms with E-state index in [1.54, 1.807) is 0 Å². The van der Waals surface area contributed by atoms with E-state index in [0.717, 1.165) is 19.1 Å². The highest BCUT2D eigenvalue weighted by Gasteiger charge is 2.20. The van der Waals surface area contributed by atoms with E-state index in [2.05, 4.69) is 35.3 Å². The first-order chi connectivity index (χ1) is 7.83. The highest BCUT2D eigenvalue weighted by molar-refractivity contribution is 5.56. The van der Waals surface area contributed by atoms with E-state index < -0.39 is 0 Å². The van der Waals surface area contributed by atoms with Gasteiger partial charge in [0.2, 0.25) is 0 Å². The fourth-order valence-electron chi connectivity index (χ4n) is 2.92. The molecule has 0 amide bonds. The van der Waals surface area contributed by atoms with Gasteiger partial charge in [0.05, 0.1) is 0 Å². The molecule has 2 nitrogen and oxygen atoms in total. The molecule has 2 heterocycles. The number of nitrogens with zero attached hydrogens (tertiary/aromatic N) is 1. The van der Waals surface area contributed by atoms with Crippen molar-refractivity contribution in [3.63, 3.8) is 0 Å². The number of rotatable bonds is 2. The molecule has 1 fully saturated rings. The highest BCUT2D eigenvalue weighted by Crippen LogP contribution is 2.25. The lowest BCUT2D eigenvalue weighted by molar-refractivity contribution is 0.260. The van der Waals surface area contributed by atoms with E-state index in [1.807, 2.05) is 0 Å². The van der Waals surface area contributed by atoms with Crippen molar-refractivity contribution >= 4 is 5.69 Å². The molecule has 2 aliphatic heterocycles. The van der Waals surface area contributed by atoms with Crippen LogP contribution in [0.5, 0.6) is 0 Å². The minimum atomic E-state index is 0.770. The second kappa shape index (κ2) is 4.10. The van der Waals surface area contributed by atoms with Gasteiger partial charge in [0.1, 0.15) is 0 Å². The average molecular weight is 216 g/mol. The van der Waals surface area contributed by atoms with Crippen molar-refractivity contribution in [2.75, 3.05) is 18.4 Å². The molecule has 1 unspecified atom stereocenters. The maximum atomic E-state index is 3.42. The van der Waals surface area contributed by atoms with Crippen LogP contribution in [0.1, 0.15) is 30.9 Å². The van der Waals surface area contributed by atoms with Crippen LogP contribution in [0.4, 0.5) is 5.69 Å². The third-order valence-electron chi connectivity index (χ3n) is 3.96. The van der Waals surface area contributed by atoms with E-state index in [1.165, 1.54) is 42.6 Å². The van der Waals surface area contributed by atoms with Crippen molar-refractivity contribution in [2.24, 2.45) is 0 Å². The van der Waals surface area contributed by atoms with Crippen LogP contribution in [-0.4, -0.2) is 24.0 Å². The van der Waals surface area contributed by atoms with Crippen LogP contribution in [0.25, 0.3) is 0 Å². The zero-order chi connectivity index (χ0) is 11.0. The van der Waals surface area contributed by atoms with Crippen molar-refractivity contribution in [2.45, 2.75) is 38.8 Å². The zero-order valence-corrected chi connectivity index (χ0v) is 10.00. The number of benzene rings is 1. The van der Waals surface area contributed by atoms with Gasteiger partial charge in [0.25, 0.3) is 0 Å². The average Bonchev–Trinajstić information content (AvgIpc) is 2.88. The molecule has 86 valence electrons. The first-order valence-corrected chi connectivity index (χ1v) is 6.42. The Hall–Kier alpha value is -1.02. The predicted molar refractivity (Wildman–Crippen MR) is 67.7 cm³/mol. The monoisotopic (exact) mass is 216 g/mol. The predicted octanol–water partition coefficient (Wildman–Crippen LogP) is 2.64. The van der Waals surface area contributed by atoms with Gasteiger partial charge in [-0.3, -0.25) is 4.90 Å². The summed E-state index contributed by atoms with van der Waals surface area (Å²) in [5.74, 6) is 0. The minimum Gasteiger partial charge on any atom is -0.384 e. The zero-order valence-electron chi connectivity index (χ0n) is 10.00. The molecule has 0 bridgehead atoms. The standard InChI is InChI=1S/C14H20N2/c1-11-3-2-8-16(11)10-12-4-5-14-13(9-12)6-7-15-14/h4-5,9,11,15H,2-3,6-8,10H2,1H3. The summed E-state index contributed by atoms with van der Waals surface area (Å²) in [4.78, 5) is 2.60. The first-order valence-electron chi connectivity index (χ1n) is 6.42. The van der Waals surface area contributed by atoms with Gasteiger partial charge in [0, 0.05) is 24.8 Å². The van der Waals surface area contributed by atoms with Crippen LogP contribution in [0.3, 0.4) is 0 Å². The van der Waals surface area contributed by atoms with Crippen LogP contribution in [0, 0.1) is 0 Å². The Balaban J connectivity index is 1.75. The number of likely N-dealkylation sites (tertiary alicyclic amines) is 1. The van der Waals surface area contributed by atoms with Crippen molar-refractivity contribution < 1.29 is 0 Å². The minimum absolute atomic E-state index is 0.770. The Morgan fingerprint density at radius 1 is 1.44 bits per heavy atom. The normalized spacial score (nSPS) is 24.4. The van der Waals surface area contributed by atoms with Crippen molar-refractivity contribution in [1.29, 1.82) is 0 Å². The largest absolute Gasteiger partial charge is 0.384 e. The smallest absolute Gasteiger partial charge is 0.0373 e. The van der Waals surface area contributed by atoms with E-state index in [-0.39, 0.29) is 0 Å². The molecule has 16 heavy (non-hydrogen) atoms. The molecule has 1 atom stereocenters. The summed E-state index contributed by atoms with van der Waals surface area (Å²) in [6.45, 7) is 5.87. The number of hydrogen-bond acceptors (Lipinski definition) is 2. The molecule has 2 aliphatic rings. The Bertz CT molecular complexity index is 386. The lowest BCUT2D eigenvalue weighted by Crippen LogP contribution is -2.26. The van der Waals surface area contributed by atoms with Gasteiger partial charge in [-0.2, -0.15) is 0 Å². The fourth-order valence-corrected chi connectivity index (χ4v) is 2.92. The van der Waals surface area contributed by atoms with E-state index in [0.29, 0.717) is 0 Å². The maximum Gasteiger partial charge on any atom is 0.0373 e. The van der Waals surface area contributed by atoms with E-state index >= 15 is 0 Å². The second-order valence-corrected chi connectivity index (χ2v) is 5.13. The van der Waals surface area contributed by atoms with Gasteiger partial charge in [-0.05, 0) is 49.9 Å². The molecule has 1 N–H and O–H groups in total. The highest BCUT2D eigenvalue weighted by atomic mass is 15.2. The summed E-state index contributed by atoms with van der Waals surface area (Å²) in [5, 5.41) is 3.42. The van der Waals surface area contributed by atoms with Crippen molar-refractivity contribution in [3.05, 3.63) is 29.3 Å². The van der Waals surface area contributed by atoms with Crippen LogP contribution < -0.4 is 5.32 Å². The quantitative estimate of drug-likeness (QED) is 0.817. The molecule has 0 radical (unpaired) electrons. The SMILES string of the molecule is CC1CCCN1Cc1ccc2c(c1)CCN2. The Kier molecular flexibility index (Phi) is 2.60. The molecule has 1 saturated heterocycles. The lowest BCUT2D eigenvalue weighted by Gasteiger charge is -2.21. The van der Waals surface area contributed by atoms with Gasteiger partial charge in [-0.25, -0.2) is 0 Å². The summed E-state index contributed by atoms with van der Waals surface area (Å²) >= 11 is 0. The van der Waals surface area contributed by atoms with E-state index in [9.17, 15) is 0 Å². The number of nitrogens with one attached hydrogen (secondary N) is 1. The van der Waals surface area contributed by atoms with Gasteiger partial charge in [-0.15, -0.1) is 0 Å². The summed E-state index contributed by atoms with van der Waals surface area (Å²) in [5.41, 5.74) is 4.33. The van der Waals surface area contributed by atoms with Crippen LogP contribution in [-0.2, 0) is 13.0 Å². The number of hydrogen-bond donors (Lipinski definition) is 1. The van der Waals surface area contributed by atoms with Gasteiger partial charge in [-0.1, -0.05) is 12.1 Å². The number of fused-ring (bicyclic) bond motifs is 1. The van der Waals surface area contributed by atoms with Gasteiger partial charge in [0.15, 0.2) is 0 Å². The molecular formula is C14H20N2. The summed E-state index contributed by atoms with van der Waals surface area (Å²) in [7, 11) is 0. The Morgan fingerprint density at radius 3 is 3.19 bits per heavy atom. The van der Waals surface area contributed by atoms with Gasteiger partial charge < -0.3 is 5.32 Å². The number of anilines is 1. The molecule has 0 aliphatic carbocycles. The lowest BCUT2D eigenvalue weighted by atomic mass is 10.1. The molecule has 2 heteroatoms. The Labute approximate surface area is 97.6 Å². The fraction of sp³-hybridized carbons (Fsp3) is 0.571. The summed E-state index contributed by atoms with van der Waals surface area (Å²) in [6, 6.07) is 7.69. The van der Waals surface area contributed by atoms with Crippen LogP contribution in [0.2, 0.25) is 0 Å². The van der Waals surface area contributed by atoms with Gasteiger partial charge >= 0.3 is 0 Å². The summed E-state index contributed by atoms with van der Waals surface area (Å²) < 4.78 is 0.